The van der Waals surface area contributed by atoms with Crippen LogP contribution in [-0.4, -0.2) is 25.1 Å². The van der Waals surface area contributed by atoms with Crippen molar-refractivity contribution in [1.29, 1.82) is 0 Å². The number of nitrogens with two attached hydrogens (primary N) is 1. The molecule has 1 atom stereocenters. The summed E-state index contributed by atoms with van der Waals surface area (Å²) in [6.45, 7) is 6.49. The molecule has 1 amide bonds. The molecule has 0 saturated carbocycles. The fourth-order valence-corrected chi connectivity index (χ4v) is 1.65. The molecule has 0 spiro atoms. The molecule has 0 bridgehead atoms. The molecular formula is C14H23ClN2O2. The molecule has 0 fully saturated rings. The van der Waals surface area contributed by atoms with Gasteiger partial charge >= 0.3 is 0 Å². The Balaban J connectivity index is 0.00000324. The lowest BCUT2D eigenvalue weighted by Gasteiger charge is -2.12. The second-order valence-corrected chi connectivity index (χ2v) is 4.63. The lowest BCUT2D eigenvalue weighted by molar-refractivity contribution is -0.123. The van der Waals surface area contributed by atoms with Crippen LogP contribution < -0.4 is 15.8 Å². The topological polar surface area (TPSA) is 64.3 Å². The third-order valence-electron chi connectivity index (χ3n) is 2.68. The van der Waals surface area contributed by atoms with Crippen molar-refractivity contribution in [2.45, 2.75) is 33.2 Å². The van der Waals surface area contributed by atoms with E-state index in [1.807, 2.05) is 39.0 Å². The third kappa shape index (κ3) is 6.45. The van der Waals surface area contributed by atoms with Crippen molar-refractivity contribution in [3.05, 3.63) is 29.3 Å². The Hall–Kier alpha value is -1.26. The number of hydrogen-bond donors (Lipinski definition) is 2. The van der Waals surface area contributed by atoms with Gasteiger partial charge in [0.15, 0.2) is 6.61 Å². The number of halogens is 1. The summed E-state index contributed by atoms with van der Waals surface area (Å²) in [4.78, 5) is 11.5. The van der Waals surface area contributed by atoms with Gasteiger partial charge in [0.25, 0.3) is 5.91 Å². The number of para-hydroxylation sites is 1. The highest BCUT2D eigenvalue weighted by atomic mass is 35.5. The van der Waals surface area contributed by atoms with Crippen LogP contribution in [0.4, 0.5) is 0 Å². The summed E-state index contributed by atoms with van der Waals surface area (Å²) < 4.78 is 5.54. The van der Waals surface area contributed by atoms with Crippen LogP contribution in [-0.2, 0) is 4.79 Å². The molecule has 4 nitrogen and oxygen atoms in total. The maximum absolute atomic E-state index is 11.5. The van der Waals surface area contributed by atoms with Gasteiger partial charge in [-0.15, -0.1) is 12.4 Å². The number of nitrogens with one attached hydrogen (secondary N) is 1. The quantitative estimate of drug-likeness (QED) is 0.840. The van der Waals surface area contributed by atoms with Gasteiger partial charge in [-0.05, 0) is 38.3 Å². The highest BCUT2D eigenvalue weighted by Crippen LogP contribution is 2.21. The molecule has 0 aromatic heterocycles. The minimum atomic E-state index is -0.113. The Bertz CT molecular complexity index is 388. The molecule has 3 N–H and O–H groups in total. The van der Waals surface area contributed by atoms with Crippen molar-refractivity contribution >= 4 is 18.3 Å². The molecule has 0 aliphatic rings. The van der Waals surface area contributed by atoms with E-state index in [0.29, 0.717) is 6.54 Å². The van der Waals surface area contributed by atoms with E-state index in [4.69, 9.17) is 10.5 Å². The molecular weight excluding hydrogens is 264 g/mol. The zero-order chi connectivity index (χ0) is 13.5. The first-order chi connectivity index (χ1) is 8.50. The lowest BCUT2D eigenvalue weighted by atomic mass is 10.1. The van der Waals surface area contributed by atoms with Gasteiger partial charge in [0.1, 0.15) is 5.75 Å². The molecule has 0 radical (unpaired) electrons. The van der Waals surface area contributed by atoms with Gasteiger partial charge in [-0.3, -0.25) is 4.79 Å². The molecule has 1 aromatic rings. The fraction of sp³-hybridized carbons (Fsp3) is 0.500. The SMILES string of the molecule is Cc1cccc(C)c1OCC(=O)NCCC(C)N.Cl. The van der Waals surface area contributed by atoms with Crippen LogP contribution in [0.5, 0.6) is 5.75 Å². The monoisotopic (exact) mass is 286 g/mol. The zero-order valence-electron chi connectivity index (χ0n) is 11.7. The van der Waals surface area contributed by atoms with E-state index in [0.717, 1.165) is 23.3 Å². The summed E-state index contributed by atoms with van der Waals surface area (Å²) in [7, 11) is 0. The molecule has 19 heavy (non-hydrogen) atoms. The predicted octanol–water partition coefficient (Wildman–Crippen LogP) is 1.96. The fourth-order valence-electron chi connectivity index (χ4n) is 1.65. The molecule has 0 aliphatic carbocycles. The average Bonchev–Trinajstić information content (AvgIpc) is 2.27. The normalized spacial score (nSPS) is 11.4. The molecule has 5 heteroatoms. The number of hydrogen-bond acceptors (Lipinski definition) is 3. The number of aryl methyl sites for hydroxylation is 2. The molecule has 1 rings (SSSR count). The van der Waals surface area contributed by atoms with E-state index in [1.165, 1.54) is 0 Å². The van der Waals surface area contributed by atoms with Crippen LogP contribution in [0.2, 0.25) is 0 Å². The van der Waals surface area contributed by atoms with Gasteiger partial charge in [-0.1, -0.05) is 18.2 Å². The highest BCUT2D eigenvalue weighted by molar-refractivity contribution is 5.85. The Labute approximate surface area is 121 Å². The first-order valence-electron chi connectivity index (χ1n) is 6.22. The minimum Gasteiger partial charge on any atom is -0.483 e. The molecule has 0 aliphatic heterocycles. The highest BCUT2D eigenvalue weighted by Gasteiger charge is 2.06. The first-order valence-corrected chi connectivity index (χ1v) is 6.22. The smallest absolute Gasteiger partial charge is 0.257 e. The zero-order valence-corrected chi connectivity index (χ0v) is 12.5. The predicted molar refractivity (Wildman–Crippen MR) is 79.9 cm³/mol. The number of amides is 1. The summed E-state index contributed by atoms with van der Waals surface area (Å²) >= 11 is 0. The third-order valence-corrected chi connectivity index (χ3v) is 2.68. The first kappa shape index (κ1) is 17.7. The maximum Gasteiger partial charge on any atom is 0.257 e. The number of rotatable bonds is 6. The van der Waals surface area contributed by atoms with Crippen LogP contribution in [0.1, 0.15) is 24.5 Å². The minimum absolute atomic E-state index is 0. The second-order valence-electron chi connectivity index (χ2n) is 4.63. The standard InChI is InChI=1S/C14H22N2O2.ClH/c1-10-5-4-6-11(2)14(10)18-9-13(17)16-8-7-12(3)15;/h4-6,12H,7-9,15H2,1-3H3,(H,16,17);1H. The van der Waals surface area contributed by atoms with Crippen LogP contribution in [0.15, 0.2) is 18.2 Å². The van der Waals surface area contributed by atoms with Gasteiger partial charge in [0.05, 0.1) is 0 Å². The van der Waals surface area contributed by atoms with Gasteiger partial charge in [0, 0.05) is 12.6 Å². The van der Waals surface area contributed by atoms with Crippen molar-refractivity contribution in [2.75, 3.05) is 13.2 Å². The van der Waals surface area contributed by atoms with Crippen LogP contribution in [0.3, 0.4) is 0 Å². The molecule has 1 aromatic carbocycles. The van der Waals surface area contributed by atoms with Gasteiger partial charge in [-0.25, -0.2) is 0 Å². The van der Waals surface area contributed by atoms with Crippen LogP contribution >= 0.6 is 12.4 Å². The average molecular weight is 287 g/mol. The molecule has 0 heterocycles. The van der Waals surface area contributed by atoms with Gasteiger partial charge in [-0.2, -0.15) is 0 Å². The van der Waals surface area contributed by atoms with Crippen molar-refractivity contribution in [1.82, 2.24) is 5.32 Å². The lowest BCUT2D eigenvalue weighted by Crippen LogP contribution is -2.32. The molecule has 1 unspecified atom stereocenters. The maximum atomic E-state index is 11.5. The Morgan fingerprint density at radius 3 is 2.47 bits per heavy atom. The number of carbonyl (C=O) groups excluding carboxylic acids is 1. The summed E-state index contributed by atoms with van der Waals surface area (Å²) in [5.41, 5.74) is 7.68. The van der Waals surface area contributed by atoms with E-state index in [2.05, 4.69) is 5.32 Å². The van der Waals surface area contributed by atoms with Crippen LogP contribution in [0.25, 0.3) is 0 Å². The van der Waals surface area contributed by atoms with E-state index in [9.17, 15) is 4.79 Å². The Morgan fingerprint density at radius 2 is 1.95 bits per heavy atom. The second kappa shape index (κ2) is 8.77. The van der Waals surface area contributed by atoms with E-state index in [-0.39, 0.29) is 31.0 Å². The van der Waals surface area contributed by atoms with Crippen molar-refractivity contribution in [3.8, 4) is 5.75 Å². The summed E-state index contributed by atoms with van der Waals surface area (Å²) in [6, 6.07) is 6.01. The van der Waals surface area contributed by atoms with Crippen LogP contribution in [0, 0.1) is 13.8 Å². The molecule has 108 valence electrons. The Morgan fingerprint density at radius 1 is 1.37 bits per heavy atom. The van der Waals surface area contributed by atoms with E-state index < -0.39 is 0 Å². The van der Waals surface area contributed by atoms with Gasteiger partial charge in [0.2, 0.25) is 0 Å². The summed E-state index contributed by atoms with van der Waals surface area (Å²) in [5, 5.41) is 2.78. The number of ether oxygens (including phenoxy) is 1. The summed E-state index contributed by atoms with van der Waals surface area (Å²) in [6.07, 6.45) is 0.773. The van der Waals surface area contributed by atoms with Gasteiger partial charge < -0.3 is 15.8 Å². The van der Waals surface area contributed by atoms with Crippen molar-refractivity contribution in [3.63, 3.8) is 0 Å². The van der Waals surface area contributed by atoms with Crippen molar-refractivity contribution < 1.29 is 9.53 Å². The number of carbonyl (C=O) groups is 1. The Kier molecular flexibility index (Phi) is 8.19. The molecule has 0 saturated heterocycles. The summed E-state index contributed by atoms with van der Waals surface area (Å²) in [5.74, 6) is 0.679. The van der Waals surface area contributed by atoms with E-state index >= 15 is 0 Å². The van der Waals surface area contributed by atoms with E-state index in [1.54, 1.807) is 0 Å². The number of benzene rings is 1. The largest absolute Gasteiger partial charge is 0.483 e. The van der Waals surface area contributed by atoms with Crippen molar-refractivity contribution in [2.24, 2.45) is 5.73 Å².